The Morgan fingerprint density at radius 2 is 1.97 bits per heavy atom. The lowest BCUT2D eigenvalue weighted by atomic mass is 10.1. The van der Waals surface area contributed by atoms with Crippen LogP contribution in [0.25, 0.3) is 10.9 Å². The maximum Gasteiger partial charge on any atom is 0.237 e. The second-order valence-corrected chi connectivity index (χ2v) is 8.05. The first-order chi connectivity index (χ1) is 14.5. The highest BCUT2D eigenvalue weighted by Gasteiger charge is 2.30. The Balaban J connectivity index is 1.61. The van der Waals surface area contributed by atoms with Gasteiger partial charge in [0.05, 0.1) is 31.1 Å². The number of methoxy groups -OCH3 is 2. The normalized spacial score (nSPS) is 15.0. The largest absolute Gasteiger partial charge is 0.493 e. The summed E-state index contributed by atoms with van der Waals surface area (Å²) in [7, 11) is 3.13. The first-order valence-corrected chi connectivity index (χ1v) is 10.5. The van der Waals surface area contributed by atoms with Gasteiger partial charge in [-0.3, -0.25) is 4.79 Å². The van der Waals surface area contributed by atoms with Gasteiger partial charge in [0.25, 0.3) is 0 Å². The molecule has 0 fully saturated rings. The van der Waals surface area contributed by atoms with E-state index >= 15 is 0 Å². The number of carbonyl (C=O) groups excluding carboxylic acids is 1. The molecule has 7 heteroatoms. The summed E-state index contributed by atoms with van der Waals surface area (Å²) in [5, 5.41) is 10.9. The predicted molar refractivity (Wildman–Crippen MR) is 117 cm³/mol. The van der Waals surface area contributed by atoms with Crippen LogP contribution in [0, 0.1) is 11.3 Å². The van der Waals surface area contributed by atoms with E-state index in [0.717, 1.165) is 17.5 Å². The Labute approximate surface area is 179 Å². The molecule has 0 spiro atoms. The molecule has 4 rings (SSSR count). The lowest BCUT2D eigenvalue weighted by Gasteiger charge is -2.22. The van der Waals surface area contributed by atoms with Gasteiger partial charge in [0.15, 0.2) is 11.5 Å². The predicted octanol–water partition coefficient (Wildman–Crippen LogP) is 4.19. The lowest BCUT2D eigenvalue weighted by Crippen LogP contribution is -2.37. The highest BCUT2D eigenvalue weighted by atomic mass is 32.2. The number of rotatable bonds is 5. The van der Waals surface area contributed by atoms with E-state index in [1.807, 2.05) is 23.1 Å². The minimum Gasteiger partial charge on any atom is -0.493 e. The molecule has 6 nitrogen and oxygen atoms in total. The second kappa shape index (κ2) is 8.25. The highest BCUT2D eigenvalue weighted by Crippen LogP contribution is 2.35. The Hall–Kier alpha value is -3.24. The van der Waals surface area contributed by atoms with Gasteiger partial charge in [-0.15, -0.1) is 0 Å². The average Bonchev–Trinajstić information content (AvgIpc) is 3.11. The lowest BCUT2D eigenvalue weighted by molar-refractivity contribution is -0.116. The van der Waals surface area contributed by atoms with Crippen LogP contribution in [-0.2, 0) is 11.2 Å². The molecule has 2 heterocycles. The Bertz CT molecular complexity index is 1170. The number of hydrogen-bond acceptors (Lipinski definition) is 6. The number of fused-ring (bicyclic) bond motifs is 2. The average molecular weight is 420 g/mol. The van der Waals surface area contributed by atoms with Gasteiger partial charge < -0.3 is 14.4 Å². The summed E-state index contributed by atoms with van der Waals surface area (Å²) in [6.45, 7) is 2.05. The van der Waals surface area contributed by atoms with Crippen molar-refractivity contribution < 1.29 is 14.3 Å². The van der Waals surface area contributed by atoms with Crippen LogP contribution in [0.1, 0.15) is 18.1 Å². The third-order valence-corrected chi connectivity index (χ3v) is 6.19. The molecular formula is C23H21N3O3S. The molecule has 1 atom stereocenters. The van der Waals surface area contributed by atoms with Crippen molar-refractivity contribution in [1.29, 1.82) is 5.26 Å². The van der Waals surface area contributed by atoms with Crippen molar-refractivity contribution in [3.05, 3.63) is 53.6 Å². The van der Waals surface area contributed by atoms with Crippen LogP contribution in [0.5, 0.6) is 11.5 Å². The molecular weight excluding hydrogens is 398 g/mol. The number of anilines is 1. The monoisotopic (exact) mass is 419 g/mol. The van der Waals surface area contributed by atoms with E-state index in [1.165, 1.54) is 17.3 Å². The molecule has 0 N–H and O–H groups in total. The van der Waals surface area contributed by atoms with Crippen LogP contribution in [0.4, 0.5) is 5.69 Å². The van der Waals surface area contributed by atoms with Crippen molar-refractivity contribution in [1.82, 2.24) is 4.98 Å². The van der Waals surface area contributed by atoms with Gasteiger partial charge in [-0.2, -0.15) is 5.26 Å². The minimum atomic E-state index is 0.00977. The summed E-state index contributed by atoms with van der Waals surface area (Å²) in [6, 6.07) is 15.6. The molecule has 30 heavy (non-hydrogen) atoms. The summed E-state index contributed by atoms with van der Waals surface area (Å²) in [5.41, 5.74) is 3.27. The third kappa shape index (κ3) is 3.55. The van der Waals surface area contributed by atoms with E-state index < -0.39 is 0 Å². The van der Waals surface area contributed by atoms with Crippen molar-refractivity contribution in [3.63, 3.8) is 0 Å². The fourth-order valence-corrected chi connectivity index (χ4v) is 4.64. The Morgan fingerprint density at radius 3 is 2.70 bits per heavy atom. The maximum atomic E-state index is 13.0. The molecule has 1 amide bonds. The van der Waals surface area contributed by atoms with E-state index in [9.17, 15) is 10.1 Å². The molecule has 3 aromatic rings. The van der Waals surface area contributed by atoms with Crippen LogP contribution in [0.15, 0.2) is 47.5 Å². The number of nitriles is 1. The van der Waals surface area contributed by atoms with Gasteiger partial charge in [0, 0.05) is 23.2 Å². The highest BCUT2D eigenvalue weighted by molar-refractivity contribution is 8.00. The van der Waals surface area contributed by atoms with Gasteiger partial charge in [0.2, 0.25) is 5.91 Å². The number of thioether (sulfide) groups is 1. The van der Waals surface area contributed by atoms with Gasteiger partial charge in [0.1, 0.15) is 11.1 Å². The number of pyridine rings is 1. The summed E-state index contributed by atoms with van der Waals surface area (Å²) in [4.78, 5) is 19.5. The Kier molecular flexibility index (Phi) is 5.51. The Morgan fingerprint density at radius 1 is 1.23 bits per heavy atom. The SMILES string of the molecule is COc1cc2cc(C#N)c(SCC(=O)N3c4ccccc4C[C@H]3C)nc2cc1OC. The van der Waals surface area contributed by atoms with Gasteiger partial charge in [-0.05, 0) is 37.1 Å². The fraction of sp³-hybridized carbons (Fsp3) is 0.261. The standard InChI is InChI=1S/C23H21N3O3S/c1-14-8-15-6-4-5-7-19(15)26(14)22(27)13-30-23-17(12-24)9-16-10-20(28-2)21(29-3)11-18(16)25-23/h4-7,9-11,14H,8,13H2,1-3H3/t14-/m1/s1. The van der Waals surface area contributed by atoms with Crippen LogP contribution >= 0.6 is 11.8 Å². The van der Waals surface area contributed by atoms with Crippen LogP contribution in [0.2, 0.25) is 0 Å². The molecule has 0 aliphatic carbocycles. The van der Waals surface area contributed by atoms with Crippen molar-refractivity contribution in [2.45, 2.75) is 24.4 Å². The van der Waals surface area contributed by atoms with Crippen molar-refractivity contribution in [2.24, 2.45) is 0 Å². The summed E-state index contributed by atoms with van der Waals surface area (Å²) in [6.07, 6.45) is 0.853. The molecule has 0 saturated carbocycles. The molecule has 2 aromatic carbocycles. The van der Waals surface area contributed by atoms with E-state index in [-0.39, 0.29) is 17.7 Å². The molecule has 1 aromatic heterocycles. The first kappa shape index (κ1) is 20.0. The summed E-state index contributed by atoms with van der Waals surface area (Å²) in [5.74, 6) is 1.36. The summed E-state index contributed by atoms with van der Waals surface area (Å²) < 4.78 is 10.7. The van der Waals surface area contributed by atoms with Gasteiger partial charge >= 0.3 is 0 Å². The molecule has 0 bridgehead atoms. The van der Waals surface area contributed by atoms with Crippen molar-refractivity contribution >= 4 is 34.3 Å². The topological polar surface area (TPSA) is 75.5 Å². The third-order valence-electron chi connectivity index (χ3n) is 5.21. The fourth-order valence-electron chi connectivity index (χ4n) is 3.82. The van der Waals surface area contributed by atoms with E-state index in [0.29, 0.717) is 27.6 Å². The van der Waals surface area contributed by atoms with Crippen molar-refractivity contribution in [3.8, 4) is 17.6 Å². The molecule has 1 aliphatic rings. The number of amides is 1. The minimum absolute atomic E-state index is 0.00977. The zero-order valence-electron chi connectivity index (χ0n) is 17.0. The van der Waals surface area contributed by atoms with Crippen LogP contribution in [-0.4, -0.2) is 36.9 Å². The van der Waals surface area contributed by atoms with E-state index in [1.54, 1.807) is 32.4 Å². The van der Waals surface area contributed by atoms with E-state index in [2.05, 4.69) is 24.0 Å². The van der Waals surface area contributed by atoms with Gasteiger partial charge in [-0.1, -0.05) is 30.0 Å². The zero-order valence-corrected chi connectivity index (χ0v) is 17.8. The smallest absolute Gasteiger partial charge is 0.237 e. The first-order valence-electron chi connectivity index (χ1n) is 9.55. The molecule has 0 unspecified atom stereocenters. The van der Waals surface area contributed by atoms with Crippen molar-refractivity contribution in [2.75, 3.05) is 24.9 Å². The number of nitrogens with zero attached hydrogens (tertiary/aromatic N) is 3. The van der Waals surface area contributed by atoms with Gasteiger partial charge in [-0.25, -0.2) is 4.98 Å². The van der Waals surface area contributed by atoms with Crippen LogP contribution in [0.3, 0.4) is 0 Å². The van der Waals surface area contributed by atoms with E-state index in [4.69, 9.17) is 9.47 Å². The number of aromatic nitrogens is 1. The second-order valence-electron chi connectivity index (χ2n) is 7.09. The number of ether oxygens (including phenoxy) is 2. The number of benzene rings is 2. The van der Waals surface area contributed by atoms with Crippen LogP contribution < -0.4 is 14.4 Å². The number of carbonyl (C=O) groups is 1. The number of hydrogen-bond donors (Lipinski definition) is 0. The zero-order chi connectivity index (χ0) is 21.3. The number of para-hydroxylation sites is 1. The molecule has 1 aliphatic heterocycles. The maximum absolute atomic E-state index is 13.0. The molecule has 152 valence electrons. The molecule has 0 radical (unpaired) electrons. The summed E-state index contributed by atoms with van der Waals surface area (Å²) >= 11 is 1.28. The quantitative estimate of drug-likeness (QED) is 0.577. The molecule has 0 saturated heterocycles.